The molecule has 3 aromatic carbocycles. The molecule has 4 rings (SSSR count). The zero-order valence-corrected chi connectivity index (χ0v) is 22.4. The lowest BCUT2D eigenvalue weighted by molar-refractivity contribution is -0.154. The molecule has 3 aromatic rings. The quantitative estimate of drug-likeness (QED) is 0.462. The highest BCUT2D eigenvalue weighted by atomic mass is 16.5. The van der Waals surface area contributed by atoms with E-state index in [4.69, 9.17) is 9.47 Å². The van der Waals surface area contributed by atoms with Gasteiger partial charge in [-0.15, -0.1) is 0 Å². The smallest absolute Gasteiger partial charge is 0.335 e. The molecule has 7 heteroatoms. The number of carboxylic acid groups (broad SMARTS) is 1. The number of benzene rings is 3. The first kappa shape index (κ1) is 26.9. The van der Waals surface area contributed by atoms with E-state index in [9.17, 15) is 19.5 Å². The second-order valence-corrected chi connectivity index (χ2v) is 10.7. The van der Waals surface area contributed by atoms with Gasteiger partial charge in [-0.2, -0.15) is 0 Å². The number of carbonyl (C=O) groups excluding carboxylic acids is 2. The van der Waals surface area contributed by atoms with Crippen LogP contribution in [0.25, 0.3) is 0 Å². The van der Waals surface area contributed by atoms with E-state index in [1.165, 1.54) is 18.1 Å². The highest BCUT2D eigenvalue weighted by Gasteiger charge is 2.50. The lowest BCUT2D eigenvalue weighted by Gasteiger charge is -2.46. The summed E-state index contributed by atoms with van der Waals surface area (Å²) in [6, 6.07) is 19.7. The number of aromatic carboxylic acids is 1. The van der Waals surface area contributed by atoms with Crippen molar-refractivity contribution in [3.05, 3.63) is 100 Å². The molecule has 1 N–H and O–H groups in total. The predicted octanol–water partition coefficient (Wildman–Crippen LogP) is 5.04. The van der Waals surface area contributed by atoms with Crippen LogP contribution >= 0.6 is 0 Å². The zero-order valence-electron chi connectivity index (χ0n) is 22.4. The molecule has 1 atom stereocenters. The van der Waals surface area contributed by atoms with E-state index in [0.717, 1.165) is 16.7 Å². The molecule has 7 nitrogen and oxygen atoms in total. The first-order valence-electron chi connectivity index (χ1n) is 12.5. The maximum Gasteiger partial charge on any atom is 0.335 e. The molecular weight excluding hydrogens is 482 g/mol. The molecule has 0 saturated heterocycles. The van der Waals surface area contributed by atoms with Crippen molar-refractivity contribution in [2.45, 2.75) is 51.1 Å². The fourth-order valence-electron chi connectivity index (χ4n) is 5.21. The third kappa shape index (κ3) is 5.01. The van der Waals surface area contributed by atoms with E-state index in [0.29, 0.717) is 16.9 Å². The summed E-state index contributed by atoms with van der Waals surface area (Å²) in [6.45, 7) is 6.25. The summed E-state index contributed by atoms with van der Waals surface area (Å²) < 4.78 is 11.0. The van der Waals surface area contributed by atoms with E-state index >= 15 is 0 Å². The third-order valence-corrected chi connectivity index (χ3v) is 7.19. The Morgan fingerprint density at radius 1 is 0.921 bits per heavy atom. The first-order valence-corrected chi connectivity index (χ1v) is 12.5. The number of methoxy groups -OCH3 is 2. The summed E-state index contributed by atoms with van der Waals surface area (Å²) in [5, 5.41) is 9.54. The van der Waals surface area contributed by atoms with E-state index in [-0.39, 0.29) is 36.3 Å². The number of ether oxygens (including phenoxy) is 2. The number of esters is 1. The Bertz CT molecular complexity index is 1370. The molecule has 1 heterocycles. The molecule has 1 aliphatic rings. The number of amides is 1. The topological polar surface area (TPSA) is 93.1 Å². The largest absolute Gasteiger partial charge is 0.496 e. The average Bonchev–Trinajstić information content (AvgIpc) is 2.91. The Morgan fingerprint density at radius 3 is 2.21 bits per heavy atom. The second kappa shape index (κ2) is 10.3. The summed E-state index contributed by atoms with van der Waals surface area (Å²) in [5.74, 6) is -1.36. The molecule has 0 radical (unpaired) electrons. The molecule has 0 spiro atoms. The van der Waals surface area contributed by atoms with Gasteiger partial charge in [-0.3, -0.25) is 4.79 Å². The highest BCUT2D eigenvalue weighted by molar-refractivity contribution is 5.99. The molecule has 0 aromatic heterocycles. The van der Waals surface area contributed by atoms with E-state index in [1.807, 2.05) is 36.4 Å². The van der Waals surface area contributed by atoms with Crippen molar-refractivity contribution >= 4 is 17.8 Å². The fourth-order valence-corrected chi connectivity index (χ4v) is 5.21. The van der Waals surface area contributed by atoms with Crippen LogP contribution in [0.2, 0.25) is 0 Å². The standard InChI is InChI=1S/C31H33NO6/c1-30(2,3)25-14-13-21(16-26(25)37-4)27(33)32-19-24-15-22(28(34)35)11-12-23(24)18-31(32,29(36)38-5)17-20-9-7-6-8-10-20/h6-16H,17-19H2,1-5H3,(H,34,35). The highest BCUT2D eigenvalue weighted by Crippen LogP contribution is 2.38. The van der Waals surface area contributed by atoms with Gasteiger partial charge in [-0.1, -0.05) is 63.2 Å². The summed E-state index contributed by atoms with van der Waals surface area (Å²) in [7, 11) is 2.89. The Morgan fingerprint density at radius 2 is 1.61 bits per heavy atom. The third-order valence-electron chi connectivity index (χ3n) is 7.19. The van der Waals surface area contributed by atoms with Crippen molar-refractivity contribution in [1.29, 1.82) is 0 Å². The number of hydrogen-bond donors (Lipinski definition) is 1. The molecule has 0 fully saturated rings. The molecule has 198 valence electrons. The minimum atomic E-state index is -1.33. The van der Waals surface area contributed by atoms with Crippen molar-refractivity contribution in [3.8, 4) is 5.75 Å². The minimum Gasteiger partial charge on any atom is -0.496 e. The maximum atomic E-state index is 14.2. The molecule has 0 saturated carbocycles. The van der Waals surface area contributed by atoms with Crippen molar-refractivity contribution in [1.82, 2.24) is 4.90 Å². The molecule has 38 heavy (non-hydrogen) atoms. The van der Waals surface area contributed by atoms with Crippen LogP contribution < -0.4 is 4.74 Å². The van der Waals surface area contributed by atoms with Crippen LogP contribution in [-0.2, 0) is 34.3 Å². The predicted molar refractivity (Wildman–Crippen MR) is 144 cm³/mol. The van der Waals surface area contributed by atoms with Crippen molar-refractivity contribution in [3.63, 3.8) is 0 Å². The van der Waals surface area contributed by atoms with Crippen LogP contribution in [0.4, 0.5) is 0 Å². The number of carboxylic acids is 1. The lowest BCUT2D eigenvalue weighted by Crippen LogP contribution is -2.62. The number of nitrogens with zero attached hydrogens (tertiary/aromatic N) is 1. The molecule has 0 aliphatic carbocycles. The number of fused-ring (bicyclic) bond motifs is 1. The summed E-state index contributed by atoms with van der Waals surface area (Å²) in [4.78, 5) is 41.0. The zero-order chi connectivity index (χ0) is 27.7. The Balaban J connectivity index is 1.88. The van der Waals surface area contributed by atoms with Crippen LogP contribution in [-0.4, -0.2) is 47.6 Å². The summed E-state index contributed by atoms with van der Waals surface area (Å²) in [5.41, 5.74) is 2.28. The Labute approximate surface area is 223 Å². The fraction of sp³-hybridized carbons (Fsp3) is 0.323. The van der Waals surface area contributed by atoms with Crippen LogP contribution in [0.1, 0.15) is 63.7 Å². The number of hydrogen-bond acceptors (Lipinski definition) is 5. The van der Waals surface area contributed by atoms with E-state index in [1.54, 1.807) is 31.4 Å². The van der Waals surface area contributed by atoms with E-state index < -0.39 is 17.5 Å². The van der Waals surface area contributed by atoms with Crippen LogP contribution in [0.15, 0.2) is 66.7 Å². The molecule has 1 unspecified atom stereocenters. The van der Waals surface area contributed by atoms with Gasteiger partial charge in [0.1, 0.15) is 11.3 Å². The average molecular weight is 516 g/mol. The normalized spacial score (nSPS) is 16.9. The lowest BCUT2D eigenvalue weighted by atomic mass is 9.77. The van der Waals surface area contributed by atoms with Crippen LogP contribution in [0, 0.1) is 0 Å². The number of carbonyl (C=O) groups is 3. The van der Waals surface area contributed by atoms with Crippen LogP contribution in [0.5, 0.6) is 5.75 Å². The van der Waals surface area contributed by atoms with Gasteiger partial charge in [0, 0.05) is 24.9 Å². The monoisotopic (exact) mass is 515 g/mol. The van der Waals surface area contributed by atoms with Crippen molar-refractivity contribution < 1.29 is 29.0 Å². The molecular formula is C31H33NO6. The molecule has 1 aliphatic heterocycles. The minimum absolute atomic E-state index is 0.0561. The Kier molecular flexibility index (Phi) is 7.31. The van der Waals surface area contributed by atoms with Crippen LogP contribution in [0.3, 0.4) is 0 Å². The van der Waals surface area contributed by atoms with Crippen molar-refractivity contribution in [2.75, 3.05) is 14.2 Å². The van der Waals surface area contributed by atoms with Gasteiger partial charge < -0.3 is 19.5 Å². The second-order valence-electron chi connectivity index (χ2n) is 10.7. The Hall–Kier alpha value is -4.13. The van der Waals surface area contributed by atoms with Gasteiger partial charge in [0.2, 0.25) is 0 Å². The SMILES string of the molecule is COC(=O)C1(Cc2ccccc2)Cc2ccc(C(=O)O)cc2CN1C(=O)c1ccc(C(C)(C)C)c(OC)c1. The summed E-state index contributed by atoms with van der Waals surface area (Å²) in [6.07, 6.45) is 0.427. The van der Waals surface area contributed by atoms with E-state index in [2.05, 4.69) is 20.8 Å². The van der Waals surface area contributed by atoms with Gasteiger partial charge in [0.05, 0.1) is 19.8 Å². The van der Waals surface area contributed by atoms with Gasteiger partial charge >= 0.3 is 11.9 Å². The van der Waals surface area contributed by atoms with Gasteiger partial charge in [-0.05, 0) is 51.9 Å². The van der Waals surface area contributed by atoms with Gasteiger partial charge in [-0.25, -0.2) is 9.59 Å². The van der Waals surface area contributed by atoms with Gasteiger partial charge in [0.25, 0.3) is 5.91 Å². The molecule has 0 bridgehead atoms. The number of rotatable bonds is 6. The first-order chi connectivity index (χ1) is 18.0. The maximum absolute atomic E-state index is 14.2. The molecule has 1 amide bonds. The van der Waals surface area contributed by atoms with Crippen molar-refractivity contribution in [2.24, 2.45) is 0 Å². The summed E-state index contributed by atoms with van der Waals surface area (Å²) >= 11 is 0. The van der Waals surface area contributed by atoms with Gasteiger partial charge in [0.15, 0.2) is 0 Å².